The van der Waals surface area contributed by atoms with Crippen molar-refractivity contribution in [2.75, 3.05) is 36.2 Å². The number of rotatable bonds is 3. The summed E-state index contributed by atoms with van der Waals surface area (Å²) in [6, 6.07) is 5.76. The third-order valence-electron chi connectivity index (χ3n) is 3.30. The van der Waals surface area contributed by atoms with Crippen LogP contribution in [0.4, 0.5) is 11.4 Å². The maximum Gasteiger partial charge on any atom is 0.253 e. The number of carbonyl (C=O) groups is 1. The zero-order valence-corrected chi connectivity index (χ0v) is 12.3. The van der Waals surface area contributed by atoms with Gasteiger partial charge in [0, 0.05) is 31.5 Å². The highest BCUT2D eigenvalue weighted by atomic mass is 32.2. The Bertz CT molecular complexity index is 456. The number of carbonyl (C=O) groups excluding carboxylic acids is 1. The molecule has 3 N–H and O–H groups in total. The Morgan fingerprint density at radius 1 is 1.37 bits per heavy atom. The van der Waals surface area contributed by atoms with Crippen LogP contribution in [0.15, 0.2) is 18.2 Å². The topological polar surface area (TPSA) is 58.4 Å². The number of benzene rings is 1. The molecule has 0 aromatic heterocycles. The summed E-state index contributed by atoms with van der Waals surface area (Å²) in [6.07, 6.45) is 2.10. The first kappa shape index (κ1) is 14.1. The minimum absolute atomic E-state index is 0.0205. The lowest BCUT2D eigenvalue weighted by atomic mass is 10.1. The maximum absolute atomic E-state index is 12.4. The first-order valence-corrected chi connectivity index (χ1v) is 7.69. The van der Waals surface area contributed by atoms with Crippen molar-refractivity contribution in [3.05, 3.63) is 23.8 Å². The molecular weight excluding hydrogens is 258 g/mol. The van der Waals surface area contributed by atoms with Crippen LogP contribution in [0.5, 0.6) is 0 Å². The van der Waals surface area contributed by atoms with E-state index in [-0.39, 0.29) is 5.91 Å². The smallest absolute Gasteiger partial charge is 0.253 e. The molecule has 1 amide bonds. The number of nitrogen functional groups attached to an aromatic ring is 1. The molecule has 0 spiro atoms. The first-order chi connectivity index (χ1) is 9.08. The van der Waals surface area contributed by atoms with Gasteiger partial charge in [-0.05, 0) is 42.5 Å². The van der Waals surface area contributed by atoms with Crippen LogP contribution in [0.25, 0.3) is 0 Å². The van der Waals surface area contributed by atoms with E-state index >= 15 is 0 Å². The zero-order valence-electron chi connectivity index (χ0n) is 11.5. The van der Waals surface area contributed by atoms with Crippen molar-refractivity contribution in [3.8, 4) is 0 Å². The van der Waals surface area contributed by atoms with Crippen molar-refractivity contribution in [2.24, 2.45) is 0 Å². The third kappa shape index (κ3) is 3.56. The molecule has 1 aliphatic heterocycles. The standard InChI is InChI=1S/C14H21N3OS/c1-17(2)13-4-3-10(15)9-12(13)14(18)16-11-5-7-19-8-6-11/h3-4,9,11H,5-8,15H2,1-2H3,(H,16,18). The number of amides is 1. The van der Waals surface area contributed by atoms with Crippen molar-refractivity contribution in [1.29, 1.82) is 0 Å². The van der Waals surface area contributed by atoms with Gasteiger partial charge < -0.3 is 16.0 Å². The molecule has 0 radical (unpaired) electrons. The average molecular weight is 279 g/mol. The number of hydrogen-bond acceptors (Lipinski definition) is 4. The fourth-order valence-corrected chi connectivity index (χ4v) is 3.34. The number of nitrogens with two attached hydrogens (primary N) is 1. The monoisotopic (exact) mass is 279 g/mol. The molecule has 5 heteroatoms. The third-order valence-corrected chi connectivity index (χ3v) is 4.35. The van der Waals surface area contributed by atoms with Crippen LogP contribution in [-0.2, 0) is 0 Å². The van der Waals surface area contributed by atoms with E-state index in [2.05, 4.69) is 5.32 Å². The van der Waals surface area contributed by atoms with E-state index in [0.717, 1.165) is 30.0 Å². The molecule has 1 aromatic rings. The van der Waals surface area contributed by atoms with Crippen LogP contribution in [0.3, 0.4) is 0 Å². The molecule has 0 saturated carbocycles. The van der Waals surface area contributed by atoms with Gasteiger partial charge in [-0.15, -0.1) is 0 Å². The number of anilines is 2. The molecule has 104 valence electrons. The van der Waals surface area contributed by atoms with Crippen molar-refractivity contribution in [1.82, 2.24) is 5.32 Å². The van der Waals surface area contributed by atoms with Crippen LogP contribution in [0.1, 0.15) is 23.2 Å². The van der Waals surface area contributed by atoms with Crippen LogP contribution in [0, 0.1) is 0 Å². The summed E-state index contributed by atoms with van der Waals surface area (Å²) in [4.78, 5) is 14.3. The van der Waals surface area contributed by atoms with E-state index < -0.39 is 0 Å². The highest BCUT2D eigenvalue weighted by Gasteiger charge is 2.19. The van der Waals surface area contributed by atoms with Crippen LogP contribution >= 0.6 is 11.8 Å². The molecule has 1 heterocycles. The predicted octanol–water partition coefficient (Wildman–Crippen LogP) is 1.96. The lowest BCUT2D eigenvalue weighted by Gasteiger charge is -2.24. The van der Waals surface area contributed by atoms with Crippen molar-refractivity contribution in [2.45, 2.75) is 18.9 Å². The molecule has 0 unspecified atom stereocenters. The van der Waals surface area contributed by atoms with Crippen LogP contribution in [-0.4, -0.2) is 37.6 Å². The Hall–Kier alpha value is -1.36. The highest BCUT2D eigenvalue weighted by Crippen LogP contribution is 2.23. The summed E-state index contributed by atoms with van der Waals surface area (Å²) in [5, 5.41) is 3.12. The Kier molecular flexibility index (Phi) is 4.58. The SMILES string of the molecule is CN(C)c1ccc(N)cc1C(=O)NC1CCSCC1. The lowest BCUT2D eigenvalue weighted by Crippen LogP contribution is -2.37. The van der Waals surface area contributed by atoms with Crippen LogP contribution < -0.4 is 16.0 Å². The molecule has 0 bridgehead atoms. The van der Waals surface area contributed by atoms with Gasteiger partial charge in [0.2, 0.25) is 0 Å². The van der Waals surface area contributed by atoms with E-state index in [1.807, 2.05) is 42.9 Å². The summed E-state index contributed by atoms with van der Waals surface area (Å²) in [6.45, 7) is 0. The Balaban J connectivity index is 2.15. The Morgan fingerprint density at radius 3 is 2.68 bits per heavy atom. The number of hydrogen-bond donors (Lipinski definition) is 2. The molecule has 1 fully saturated rings. The molecular formula is C14H21N3OS. The minimum atomic E-state index is -0.0205. The summed E-state index contributed by atoms with van der Waals surface area (Å²) in [5.41, 5.74) is 7.97. The number of thioether (sulfide) groups is 1. The van der Waals surface area contributed by atoms with E-state index in [1.54, 1.807) is 6.07 Å². The molecule has 19 heavy (non-hydrogen) atoms. The van der Waals surface area contributed by atoms with Gasteiger partial charge in [0.25, 0.3) is 5.91 Å². The minimum Gasteiger partial charge on any atom is -0.399 e. The fraction of sp³-hybridized carbons (Fsp3) is 0.500. The number of nitrogens with one attached hydrogen (secondary N) is 1. The second-order valence-electron chi connectivity index (χ2n) is 5.03. The van der Waals surface area contributed by atoms with E-state index in [0.29, 0.717) is 17.3 Å². The molecule has 0 aliphatic carbocycles. The van der Waals surface area contributed by atoms with Crippen molar-refractivity contribution < 1.29 is 4.79 Å². The normalized spacial score (nSPS) is 16.1. The van der Waals surface area contributed by atoms with Gasteiger partial charge in [-0.3, -0.25) is 4.79 Å². The van der Waals surface area contributed by atoms with Gasteiger partial charge in [0.1, 0.15) is 0 Å². The summed E-state index contributed by atoms with van der Waals surface area (Å²) in [5.74, 6) is 2.23. The maximum atomic E-state index is 12.4. The quantitative estimate of drug-likeness (QED) is 0.831. The zero-order chi connectivity index (χ0) is 13.8. The number of nitrogens with zero attached hydrogens (tertiary/aromatic N) is 1. The second-order valence-corrected chi connectivity index (χ2v) is 6.26. The van der Waals surface area contributed by atoms with Crippen LogP contribution in [0.2, 0.25) is 0 Å². The van der Waals surface area contributed by atoms with Crippen molar-refractivity contribution >= 4 is 29.0 Å². The lowest BCUT2D eigenvalue weighted by molar-refractivity contribution is 0.0935. The molecule has 2 rings (SSSR count). The molecule has 1 aliphatic rings. The van der Waals surface area contributed by atoms with E-state index in [1.165, 1.54) is 0 Å². The van der Waals surface area contributed by atoms with Gasteiger partial charge in [-0.2, -0.15) is 11.8 Å². The average Bonchev–Trinajstić information content (AvgIpc) is 2.39. The van der Waals surface area contributed by atoms with Gasteiger partial charge >= 0.3 is 0 Å². The van der Waals surface area contributed by atoms with E-state index in [4.69, 9.17) is 5.73 Å². The molecule has 1 saturated heterocycles. The first-order valence-electron chi connectivity index (χ1n) is 6.53. The van der Waals surface area contributed by atoms with Gasteiger partial charge in [-0.1, -0.05) is 0 Å². The van der Waals surface area contributed by atoms with Crippen molar-refractivity contribution in [3.63, 3.8) is 0 Å². The Labute approximate surface area is 118 Å². The molecule has 4 nitrogen and oxygen atoms in total. The predicted molar refractivity (Wildman–Crippen MR) is 83.0 cm³/mol. The molecule has 0 atom stereocenters. The van der Waals surface area contributed by atoms with Gasteiger partial charge in [0.05, 0.1) is 5.56 Å². The summed E-state index contributed by atoms with van der Waals surface area (Å²) < 4.78 is 0. The fourth-order valence-electron chi connectivity index (χ4n) is 2.23. The van der Waals surface area contributed by atoms with E-state index in [9.17, 15) is 4.79 Å². The second kappa shape index (κ2) is 6.19. The van der Waals surface area contributed by atoms with Gasteiger partial charge in [0.15, 0.2) is 0 Å². The summed E-state index contributed by atoms with van der Waals surface area (Å²) >= 11 is 1.95. The van der Waals surface area contributed by atoms with Gasteiger partial charge in [-0.25, -0.2) is 0 Å². The Morgan fingerprint density at radius 2 is 2.05 bits per heavy atom. The summed E-state index contributed by atoms with van der Waals surface area (Å²) in [7, 11) is 3.86. The largest absolute Gasteiger partial charge is 0.399 e. The highest BCUT2D eigenvalue weighted by molar-refractivity contribution is 7.99. The molecule has 1 aromatic carbocycles.